The van der Waals surface area contributed by atoms with E-state index in [0.29, 0.717) is 10.9 Å². The van der Waals surface area contributed by atoms with Crippen LogP contribution in [0, 0.1) is 0 Å². The highest BCUT2D eigenvalue weighted by Gasteiger charge is 2.54. The summed E-state index contributed by atoms with van der Waals surface area (Å²) in [5.74, 6) is -0.662. The number of nitrogens with one attached hydrogen (secondary N) is 1. The first-order valence-corrected chi connectivity index (χ1v) is 11.7. The summed E-state index contributed by atoms with van der Waals surface area (Å²) in [6.45, 7) is 0. The molecule has 1 aliphatic rings. The number of benzene rings is 2. The van der Waals surface area contributed by atoms with Gasteiger partial charge in [0.15, 0.2) is 6.10 Å². The van der Waals surface area contributed by atoms with Gasteiger partial charge in [-0.15, -0.1) is 0 Å². The van der Waals surface area contributed by atoms with Crippen molar-refractivity contribution in [1.82, 2.24) is 9.71 Å². The molecular formula is C23H21F3N2O5S. The van der Waals surface area contributed by atoms with E-state index in [-0.39, 0.29) is 34.6 Å². The Kier molecular flexibility index (Phi) is 6.03. The second-order valence-electron chi connectivity index (χ2n) is 7.96. The first-order chi connectivity index (χ1) is 16.0. The molecule has 1 fully saturated rings. The number of hydrogen-bond donors (Lipinski definition) is 1. The van der Waals surface area contributed by atoms with Crippen molar-refractivity contribution < 1.29 is 35.9 Å². The minimum Gasteiger partial charge on any atom is -0.496 e. The van der Waals surface area contributed by atoms with Gasteiger partial charge in [-0.3, -0.25) is 9.78 Å². The van der Waals surface area contributed by atoms with Gasteiger partial charge in [-0.2, -0.15) is 13.2 Å². The number of fused-ring (bicyclic) bond motifs is 1. The molecule has 0 spiro atoms. The molecule has 0 aliphatic heterocycles. The van der Waals surface area contributed by atoms with Crippen molar-refractivity contribution in [1.29, 1.82) is 0 Å². The average molecular weight is 494 g/mol. The number of ether oxygens (including phenoxy) is 2. The molecule has 1 heterocycles. The second kappa shape index (κ2) is 8.55. The van der Waals surface area contributed by atoms with E-state index in [1.54, 1.807) is 18.2 Å². The molecule has 1 atom stereocenters. The normalized spacial score (nSPS) is 16.1. The lowest BCUT2D eigenvalue weighted by molar-refractivity contribution is -0.216. The number of pyridine rings is 1. The summed E-state index contributed by atoms with van der Waals surface area (Å²) < 4.78 is 78.5. The van der Waals surface area contributed by atoms with Crippen molar-refractivity contribution in [3.05, 3.63) is 65.9 Å². The highest BCUT2D eigenvalue weighted by Crippen LogP contribution is 2.53. The zero-order valence-corrected chi connectivity index (χ0v) is 19.0. The summed E-state index contributed by atoms with van der Waals surface area (Å²) in [4.78, 5) is 17.3. The number of amides is 1. The standard InChI is InChI=1S/C23H21F3N2O5S/c1-32-18-9-8-14(20(33-2)23(24,25)26)13-16(18)22(10-11-22)21(29)28-34(30,31)19-7-3-6-17-15(19)5-4-12-27-17/h3-9,12-13,20H,10-11H2,1-2H3,(H,28,29). The zero-order valence-electron chi connectivity index (χ0n) is 18.2. The number of rotatable bonds is 7. The number of hydrogen-bond acceptors (Lipinski definition) is 6. The number of halogens is 3. The fraction of sp³-hybridized carbons (Fsp3) is 0.304. The minimum atomic E-state index is -4.68. The van der Waals surface area contributed by atoms with Gasteiger partial charge in [-0.25, -0.2) is 13.1 Å². The number of carbonyl (C=O) groups excluding carboxylic acids is 1. The maximum atomic E-state index is 13.4. The number of aromatic nitrogens is 1. The van der Waals surface area contributed by atoms with E-state index >= 15 is 0 Å². The Hall–Kier alpha value is -3.18. The van der Waals surface area contributed by atoms with Gasteiger partial charge in [0.2, 0.25) is 5.91 Å². The first-order valence-electron chi connectivity index (χ1n) is 10.2. The van der Waals surface area contributed by atoms with E-state index in [9.17, 15) is 26.4 Å². The molecule has 4 rings (SSSR count). The second-order valence-corrected chi connectivity index (χ2v) is 9.61. The zero-order chi connectivity index (χ0) is 24.7. The lowest BCUT2D eigenvalue weighted by Gasteiger charge is -2.23. The molecule has 180 valence electrons. The number of methoxy groups -OCH3 is 2. The Balaban J connectivity index is 1.71. The van der Waals surface area contributed by atoms with Gasteiger partial charge in [0, 0.05) is 24.3 Å². The van der Waals surface area contributed by atoms with E-state index in [1.165, 1.54) is 43.6 Å². The van der Waals surface area contributed by atoms with Crippen molar-refractivity contribution in [3.63, 3.8) is 0 Å². The molecule has 3 aromatic rings. The number of sulfonamides is 1. The molecule has 2 aromatic carbocycles. The van der Waals surface area contributed by atoms with E-state index < -0.39 is 33.6 Å². The molecule has 34 heavy (non-hydrogen) atoms. The maximum Gasteiger partial charge on any atom is 0.418 e. The summed E-state index contributed by atoms with van der Waals surface area (Å²) >= 11 is 0. The van der Waals surface area contributed by atoms with E-state index in [1.807, 2.05) is 0 Å². The lowest BCUT2D eigenvalue weighted by atomic mass is 9.91. The van der Waals surface area contributed by atoms with Crippen LogP contribution in [0.1, 0.15) is 30.1 Å². The van der Waals surface area contributed by atoms with Gasteiger partial charge in [0.1, 0.15) is 5.75 Å². The van der Waals surface area contributed by atoms with Crippen molar-refractivity contribution in [2.24, 2.45) is 0 Å². The molecule has 0 saturated heterocycles. The summed E-state index contributed by atoms with van der Waals surface area (Å²) in [5, 5.41) is 0.336. The van der Waals surface area contributed by atoms with Crippen molar-refractivity contribution >= 4 is 26.8 Å². The third-order valence-corrected chi connectivity index (χ3v) is 7.27. The van der Waals surface area contributed by atoms with Crippen LogP contribution in [0.4, 0.5) is 13.2 Å². The van der Waals surface area contributed by atoms with Crippen molar-refractivity contribution in [2.75, 3.05) is 14.2 Å². The van der Waals surface area contributed by atoms with Crippen LogP contribution >= 0.6 is 0 Å². The van der Waals surface area contributed by atoms with Crippen molar-refractivity contribution in [3.8, 4) is 5.75 Å². The Morgan fingerprint density at radius 3 is 2.47 bits per heavy atom. The van der Waals surface area contributed by atoms with Crippen LogP contribution in [-0.2, 0) is 25.0 Å². The molecule has 0 radical (unpaired) electrons. The minimum absolute atomic E-state index is 0.125. The van der Waals surface area contributed by atoms with Crippen LogP contribution in [0.2, 0.25) is 0 Å². The van der Waals surface area contributed by atoms with Gasteiger partial charge in [0.25, 0.3) is 10.0 Å². The predicted molar refractivity (Wildman–Crippen MR) is 117 cm³/mol. The van der Waals surface area contributed by atoms with Gasteiger partial charge in [-0.1, -0.05) is 12.1 Å². The summed E-state index contributed by atoms with van der Waals surface area (Å²) in [7, 11) is -2.04. The Morgan fingerprint density at radius 2 is 1.85 bits per heavy atom. The van der Waals surface area contributed by atoms with E-state index in [0.717, 1.165) is 7.11 Å². The Bertz CT molecular complexity index is 1350. The van der Waals surface area contributed by atoms with Gasteiger partial charge in [-0.05, 0) is 54.8 Å². The fourth-order valence-electron chi connectivity index (χ4n) is 4.05. The quantitative estimate of drug-likeness (QED) is 0.533. The van der Waals surface area contributed by atoms with Crippen LogP contribution in [0.15, 0.2) is 59.6 Å². The topological polar surface area (TPSA) is 94.6 Å². The largest absolute Gasteiger partial charge is 0.496 e. The SMILES string of the molecule is COc1ccc(C(OC)C(F)(F)F)cc1C1(C(=O)NS(=O)(=O)c2cccc3ncccc23)CC1. The van der Waals surface area contributed by atoms with Crippen molar-refractivity contribution in [2.45, 2.75) is 35.4 Å². The third-order valence-electron chi connectivity index (χ3n) is 5.88. The van der Waals surface area contributed by atoms with Gasteiger partial charge in [0.05, 0.1) is 22.9 Å². The van der Waals surface area contributed by atoms with Crippen LogP contribution < -0.4 is 9.46 Å². The van der Waals surface area contributed by atoms with Crippen LogP contribution in [0.25, 0.3) is 10.9 Å². The fourth-order valence-corrected chi connectivity index (χ4v) is 5.32. The molecule has 1 N–H and O–H groups in total. The average Bonchev–Trinajstić information content (AvgIpc) is 3.60. The highest BCUT2D eigenvalue weighted by atomic mass is 32.2. The Labute approximate surface area is 193 Å². The highest BCUT2D eigenvalue weighted by molar-refractivity contribution is 7.90. The first kappa shape index (κ1) is 24.0. The maximum absolute atomic E-state index is 13.4. The van der Waals surface area contributed by atoms with Gasteiger partial charge >= 0.3 is 6.18 Å². The molecular weight excluding hydrogens is 473 g/mol. The summed E-state index contributed by atoms with van der Waals surface area (Å²) in [5.41, 5.74) is -0.953. The molecule has 11 heteroatoms. The number of carbonyl (C=O) groups is 1. The monoisotopic (exact) mass is 494 g/mol. The molecule has 1 amide bonds. The van der Waals surface area contributed by atoms with Crippen LogP contribution in [0.5, 0.6) is 5.75 Å². The molecule has 7 nitrogen and oxygen atoms in total. The number of nitrogens with zero attached hydrogens (tertiary/aromatic N) is 1. The lowest BCUT2D eigenvalue weighted by Crippen LogP contribution is -2.39. The van der Waals surface area contributed by atoms with E-state index in [2.05, 4.69) is 14.4 Å². The van der Waals surface area contributed by atoms with Crippen LogP contribution in [0.3, 0.4) is 0 Å². The molecule has 0 bridgehead atoms. The van der Waals surface area contributed by atoms with E-state index in [4.69, 9.17) is 4.74 Å². The van der Waals surface area contributed by atoms with Crippen LogP contribution in [-0.4, -0.2) is 39.7 Å². The number of alkyl halides is 3. The molecule has 1 aromatic heterocycles. The molecule has 1 unspecified atom stereocenters. The third kappa shape index (κ3) is 4.21. The smallest absolute Gasteiger partial charge is 0.418 e. The summed E-state index contributed by atoms with van der Waals surface area (Å²) in [6.07, 6.45) is -4.87. The Morgan fingerprint density at radius 1 is 1.12 bits per heavy atom. The summed E-state index contributed by atoms with van der Waals surface area (Å²) in [6, 6.07) is 11.4. The molecule has 1 aliphatic carbocycles. The van der Waals surface area contributed by atoms with Gasteiger partial charge < -0.3 is 9.47 Å². The predicted octanol–water partition coefficient (Wildman–Crippen LogP) is 4.03. The molecule has 1 saturated carbocycles.